The van der Waals surface area contributed by atoms with E-state index in [4.69, 9.17) is 13.3 Å². The van der Waals surface area contributed by atoms with Crippen molar-refractivity contribution in [2.24, 2.45) is 0 Å². The fraction of sp³-hybridized carbons (Fsp3) is 0.700. The average Bonchev–Trinajstić information content (AvgIpc) is 2.18. The molecule has 0 radical (unpaired) electrons. The van der Waals surface area contributed by atoms with Crippen LogP contribution in [0.3, 0.4) is 0 Å². The van der Waals surface area contributed by atoms with Crippen LogP contribution in [0, 0.1) is 0 Å². The van der Waals surface area contributed by atoms with Crippen LogP contribution >= 0.6 is 0 Å². The summed E-state index contributed by atoms with van der Waals surface area (Å²) in [5.41, 5.74) is 0. The molecule has 0 amide bonds. The predicted octanol–water partition coefficient (Wildman–Crippen LogP) is 1.79. The molecule has 0 saturated heterocycles. The monoisotopic (exact) mass is 232 g/mol. The summed E-state index contributed by atoms with van der Waals surface area (Å²) >= 11 is 0. The van der Waals surface area contributed by atoms with E-state index < -0.39 is 8.80 Å². The van der Waals surface area contributed by atoms with Gasteiger partial charge in [-0.2, -0.15) is 0 Å². The number of ketones is 1. The van der Waals surface area contributed by atoms with Gasteiger partial charge in [0.1, 0.15) is 0 Å². The van der Waals surface area contributed by atoms with Gasteiger partial charge < -0.3 is 13.3 Å². The molecule has 0 rings (SSSR count). The first kappa shape index (κ1) is 14.5. The van der Waals surface area contributed by atoms with E-state index in [0.29, 0.717) is 26.2 Å². The molecule has 0 aliphatic carbocycles. The molecule has 0 aromatic rings. The van der Waals surface area contributed by atoms with Gasteiger partial charge in [0, 0.05) is 32.8 Å². The number of carbonyl (C=O) groups is 1. The average molecular weight is 232 g/mol. The maximum atomic E-state index is 10.9. The highest BCUT2D eigenvalue weighted by Crippen LogP contribution is 2.09. The second-order valence-electron chi connectivity index (χ2n) is 3.00. The molecule has 0 heterocycles. The van der Waals surface area contributed by atoms with Gasteiger partial charge in [-0.3, -0.25) is 4.79 Å². The minimum Gasteiger partial charge on any atom is -0.374 e. The number of rotatable bonds is 9. The Morgan fingerprint density at radius 3 is 2.20 bits per heavy atom. The molecule has 0 bridgehead atoms. The molecule has 4 nitrogen and oxygen atoms in total. The Hall–Kier alpha value is -0.493. The first-order valence-corrected chi connectivity index (χ1v) is 7.37. The van der Waals surface area contributed by atoms with Crippen LogP contribution in [0.1, 0.15) is 20.3 Å². The normalized spacial score (nSPS) is 11.4. The quantitative estimate of drug-likeness (QED) is 0.449. The number of allylic oxidation sites excluding steroid dienone is 1. The lowest BCUT2D eigenvalue weighted by atomic mass is 10.3. The van der Waals surface area contributed by atoms with E-state index in [-0.39, 0.29) is 5.78 Å². The molecule has 0 unspecified atom stereocenters. The molecule has 0 aliphatic heterocycles. The Morgan fingerprint density at radius 1 is 1.27 bits per heavy atom. The second kappa shape index (κ2) is 7.75. The van der Waals surface area contributed by atoms with E-state index >= 15 is 0 Å². The van der Waals surface area contributed by atoms with Crippen molar-refractivity contribution in [3.05, 3.63) is 12.7 Å². The summed E-state index contributed by atoms with van der Waals surface area (Å²) in [5, 5.41) is 0. The van der Waals surface area contributed by atoms with Crippen LogP contribution in [0.4, 0.5) is 0 Å². The van der Waals surface area contributed by atoms with E-state index in [1.165, 1.54) is 6.08 Å². The Kier molecular flexibility index (Phi) is 7.50. The summed E-state index contributed by atoms with van der Waals surface area (Å²) in [5.74, 6) is -0.0284. The third-order valence-corrected chi connectivity index (χ3v) is 4.11. The van der Waals surface area contributed by atoms with Crippen molar-refractivity contribution in [1.82, 2.24) is 0 Å². The summed E-state index contributed by atoms with van der Waals surface area (Å²) < 4.78 is 16.4. The predicted molar refractivity (Wildman–Crippen MR) is 60.6 cm³/mol. The largest absolute Gasteiger partial charge is 0.497 e. The lowest BCUT2D eigenvalue weighted by molar-refractivity contribution is -0.115. The Labute approximate surface area is 92.6 Å². The summed E-state index contributed by atoms with van der Waals surface area (Å²) in [6.07, 6.45) is 1.62. The summed E-state index contributed by atoms with van der Waals surface area (Å²) in [6.45, 7) is 10.4. The number of carbonyl (C=O) groups excluding carboxylic acids is 1. The zero-order valence-electron chi connectivity index (χ0n) is 9.75. The summed E-state index contributed by atoms with van der Waals surface area (Å²) in [4.78, 5) is 10.9. The highest BCUT2D eigenvalue weighted by atomic mass is 28.4. The highest BCUT2D eigenvalue weighted by molar-refractivity contribution is 6.59. The van der Waals surface area contributed by atoms with Crippen LogP contribution in [0.25, 0.3) is 0 Å². The SMILES string of the molecule is C=CC(=O)CCO[Si](C)(OCC)OCC. The number of hydrogen-bond donors (Lipinski definition) is 0. The third kappa shape index (κ3) is 6.56. The van der Waals surface area contributed by atoms with Gasteiger partial charge in [0.05, 0.1) is 0 Å². The van der Waals surface area contributed by atoms with E-state index in [1.807, 2.05) is 20.4 Å². The standard InChI is InChI=1S/C10H20O4Si/c1-5-10(11)8-9-14-15(4,12-6-2)13-7-3/h5H,1,6-9H2,2-4H3. The smallest absolute Gasteiger partial charge is 0.374 e. The van der Waals surface area contributed by atoms with Crippen LogP contribution < -0.4 is 0 Å². The van der Waals surface area contributed by atoms with Gasteiger partial charge in [0.25, 0.3) is 0 Å². The molecule has 0 aromatic heterocycles. The molecule has 0 spiro atoms. The zero-order valence-corrected chi connectivity index (χ0v) is 10.7. The van der Waals surface area contributed by atoms with Gasteiger partial charge in [-0.05, 0) is 19.9 Å². The first-order valence-electron chi connectivity index (χ1n) is 5.15. The molecule has 0 atom stereocenters. The molecule has 15 heavy (non-hydrogen) atoms. The molecule has 0 saturated carbocycles. The van der Waals surface area contributed by atoms with Crippen molar-refractivity contribution in [2.75, 3.05) is 19.8 Å². The van der Waals surface area contributed by atoms with Gasteiger partial charge in [-0.15, -0.1) is 0 Å². The van der Waals surface area contributed by atoms with Crippen molar-refractivity contribution in [3.63, 3.8) is 0 Å². The Bertz CT molecular complexity index is 200. The molecular formula is C10H20O4Si. The van der Waals surface area contributed by atoms with Crippen LogP contribution in [-0.4, -0.2) is 34.4 Å². The topological polar surface area (TPSA) is 44.8 Å². The van der Waals surface area contributed by atoms with Crippen molar-refractivity contribution in [2.45, 2.75) is 26.8 Å². The lowest BCUT2D eigenvalue weighted by Crippen LogP contribution is -2.43. The van der Waals surface area contributed by atoms with Crippen molar-refractivity contribution >= 4 is 14.6 Å². The van der Waals surface area contributed by atoms with Crippen molar-refractivity contribution < 1.29 is 18.1 Å². The van der Waals surface area contributed by atoms with Gasteiger partial charge in [-0.1, -0.05) is 6.58 Å². The maximum Gasteiger partial charge on any atom is 0.497 e. The molecule has 5 heteroatoms. The Balaban J connectivity index is 3.94. The number of hydrogen-bond acceptors (Lipinski definition) is 4. The molecular weight excluding hydrogens is 212 g/mol. The minimum atomic E-state index is -2.52. The lowest BCUT2D eigenvalue weighted by Gasteiger charge is -2.24. The van der Waals surface area contributed by atoms with E-state index in [2.05, 4.69) is 6.58 Å². The minimum absolute atomic E-state index is 0.0284. The van der Waals surface area contributed by atoms with E-state index in [9.17, 15) is 4.79 Å². The van der Waals surface area contributed by atoms with E-state index in [0.717, 1.165) is 0 Å². The highest BCUT2D eigenvalue weighted by Gasteiger charge is 2.33. The molecule has 0 aliphatic rings. The van der Waals surface area contributed by atoms with Gasteiger partial charge >= 0.3 is 8.80 Å². The van der Waals surface area contributed by atoms with Crippen LogP contribution in [0.2, 0.25) is 6.55 Å². The van der Waals surface area contributed by atoms with Gasteiger partial charge in [0.15, 0.2) is 5.78 Å². The molecule has 0 N–H and O–H groups in total. The van der Waals surface area contributed by atoms with Crippen LogP contribution in [0.15, 0.2) is 12.7 Å². The summed E-state index contributed by atoms with van der Waals surface area (Å²) in [7, 11) is -2.52. The first-order chi connectivity index (χ1) is 7.08. The molecule has 0 aromatic carbocycles. The van der Waals surface area contributed by atoms with Crippen molar-refractivity contribution in [1.29, 1.82) is 0 Å². The fourth-order valence-corrected chi connectivity index (χ4v) is 2.86. The second-order valence-corrected chi connectivity index (χ2v) is 5.59. The molecule has 0 fully saturated rings. The van der Waals surface area contributed by atoms with Crippen LogP contribution in [0.5, 0.6) is 0 Å². The third-order valence-electron chi connectivity index (χ3n) is 1.75. The fourth-order valence-electron chi connectivity index (χ4n) is 1.09. The van der Waals surface area contributed by atoms with Crippen LogP contribution in [-0.2, 0) is 18.1 Å². The maximum absolute atomic E-state index is 10.9. The zero-order chi connectivity index (χ0) is 11.7. The van der Waals surface area contributed by atoms with E-state index in [1.54, 1.807) is 0 Å². The molecule has 88 valence electrons. The summed E-state index contributed by atoms with van der Waals surface area (Å²) in [6, 6.07) is 0. The van der Waals surface area contributed by atoms with Gasteiger partial charge in [-0.25, -0.2) is 0 Å². The Morgan fingerprint density at radius 2 is 1.80 bits per heavy atom. The van der Waals surface area contributed by atoms with Gasteiger partial charge in [0.2, 0.25) is 0 Å². The van der Waals surface area contributed by atoms with Crippen molar-refractivity contribution in [3.8, 4) is 0 Å².